The molecule has 2 aromatic carbocycles. The van der Waals surface area contributed by atoms with Gasteiger partial charge in [0.15, 0.2) is 0 Å². The van der Waals surface area contributed by atoms with Crippen LogP contribution in [-0.4, -0.2) is 13.2 Å². The van der Waals surface area contributed by atoms with E-state index in [-0.39, 0.29) is 0 Å². The third-order valence-electron chi connectivity index (χ3n) is 3.79. The SMILES string of the molecule is CCCCOc1cccc(CNc2ccccc2OCCCC)c1. The van der Waals surface area contributed by atoms with E-state index in [1.165, 1.54) is 5.56 Å². The summed E-state index contributed by atoms with van der Waals surface area (Å²) in [5.74, 6) is 1.86. The fraction of sp³-hybridized carbons (Fsp3) is 0.429. The highest BCUT2D eigenvalue weighted by Gasteiger charge is 2.03. The van der Waals surface area contributed by atoms with E-state index in [1.54, 1.807) is 0 Å². The normalized spacial score (nSPS) is 10.4. The monoisotopic (exact) mass is 327 g/mol. The largest absolute Gasteiger partial charge is 0.494 e. The molecule has 130 valence electrons. The van der Waals surface area contributed by atoms with Crippen molar-refractivity contribution in [2.75, 3.05) is 18.5 Å². The summed E-state index contributed by atoms with van der Waals surface area (Å²) in [7, 11) is 0. The minimum Gasteiger partial charge on any atom is -0.494 e. The molecule has 0 spiro atoms. The first-order valence-corrected chi connectivity index (χ1v) is 9.01. The Morgan fingerprint density at radius 2 is 1.58 bits per heavy atom. The van der Waals surface area contributed by atoms with Crippen molar-refractivity contribution in [3.63, 3.8) is 0 Å². The third-order valence-corrected chi connectivity index (χ3v) is 3.79. The van der Waals surface area contributed by atoms with Crippen molar-refractivity contribution in [3.8, 4) is 11.5 Å². The van der Waals surface area contributed by atoms with Gasteiger partial charge in [0, 0.05) is 6.54 Å². The minimum atomic E-state index is 0.749. The van der Waals surface area contributed by atoms with E-state index in [4.69, 9.17) is 9.47 Å². The van der Waals surface area contributed by atoms with Crippen molar-refractivity contribution < 1.29 is 9.47 Å². The van der Waals surface area contributed by atoms with Crippen LogP contribution in [-0.2, 0) is 6.54 Å². The van der Waals surface area contributed by atoms with E-state index in [0.29, 0.717) is 0 Å². The van der Waals surface area contributed by atoms with Crippen LogP contribution >= 0.6 is 0 Å². The number of unbranched alkanes of at least 4 members (excludes halogenated alkanes) is 2. The fourth-order valence-electron chi connectivity index (χ4n) is 2.34. The van der Waals surface area contributed by atoms with Crippen LogP contribution in [0.1, 0.15) is 45.1 Å². The molecule has 0 aliphatic heterocycles. The summed E-state index contributed by atoms with van der Waals surface area (Å²) in [6.45, 7) is 6.63. The van der Waals surface area contributed by atoms with Gasteiger partial charge in [-0.3, -0.25) is 0 Å². The predicted octanol–water partition coefficient (Wildman–Crippen LogP) is 5.66. The molecule has 0 aliphatic carbocycles. The van der Waals surface area contributed by atoms with Crippen LogP contribution in [0.2, 0.25) is 0 Å². The second-order valence-electron chi connectivity index (χ2n) is 5.90. The van der Waals surface area contributed by atoms with Crippen LogP contribution < -0.4 is 14.8 Å². The van der Waals surface area contributed by atoms with E-state index < -0.39 is 0 Å². The summed E-state index contributed by atoms with van der Waals surface area (Å²) in [5.41, 5.74) is 2.23. The van der Waals surface area contributed by atoms with Gasteiger partial charge in [-0.1, -0.05) is 51.0 Å². The molecule has 0 aliphatic rings. The smallest absolute Gasteiger partial charge is 0.142 e. The number of ether oxygens (including phenoxy) is 2. The first kappa shape index (κ1) is 18.2. The maximum absolute atomic E-state index is 5.87. The number of rotatable bonds is 11. The summed E-state index contributed by atoms with van der Waals surface area (Å²) in [5, 5.41) is 3.47. The van der Waals surface area contributed by atoms with E-state index in [1.807, 2.05) is 30.3 Å². The van der Waals surface area contributed by atoms with Gasteiger partial charge >= 0.3 is 0 Å². The molecule has 2 aromatic rings. The van der Waals surface area contributed by atoms with Gasteiger partial charge in [0.05, 0.1) is 18.9 Å². The van der Waals surface area contributed by atoms with Gasteiger partial charge in [-0.25, -0.2) is 0 Å². The molecule has 0 saturated heterocycles. The summed E-state index contributed by atoms with van der Waals surface area (Å²) in [4.78, 5) is 0. The molecule has 0 radical (unpaired) electrons. The highest BCUT2D eigenvalue weighted by Crippen LogP contribution is 2.25. The Bertz CT molecular complexity index is 598. The van der Waals surface area contributed by atoms with Gasteiger partial charge in [0.2, 0.25) is 0 Å². The second-order valence-corrected chi connectivity index (χ2v) is 5.90. The Morgan fingerprint density at radius 3 is 2.38 bits per heavy atom. The lowest BCUT2D eigenvalue weighted by Gasteiger charge is -2.13. The van der Waals surface area contributed by atoms with E-state index in [9.17, 15) is 0 Å². The van der Waals surface area contributed by atoms with Crippen molar-refractivity contribution in [3.05, 3.63) is 54.1 Å². The minimum absolute atomic E-state index is 0.749. The Kier molecular flexibility index (Phi) is 8.02. The third kappa shape index (κ3) is 6.15. The van der Waals surface area contributed by atoms with Crippen LogP contribution in [0.5, 0.6) is 11.5 Å². The molecule has 2 rings (SSSR count). The summed E-state index contributed by atoms with van der Waals surface area (Å²) >= 11 is 0. The number of nitrogens with one attached hydrogen (secondary N) is 1. The molecule has 3 heteroatoms. The summed E-state index contributed by atoms with van der Waals surface area (Å²) in [6.07, 6.45) is 4.45. The van der Waals surface area contributed by atoms with Crippen LogP contribution in [0.4, 0.5) is 5.69 Å². The molecule has 0 unspecified atom stereocenters. The number of hydrogen-bond donors (Lipinski definition) is 1. The van der Waals surface area contributed by atoms with Crippen LogP contribution in [0.3, 0.4) is 0 Å². The van der Waals surface area contributed by atoms with E-state index in [0.717, 1.165) is 62.6 Å². The van der Waals surface area contributed by atoms with Crippen LogP contribution in [0, 0.1) is 0 Å². The van der Waals surface area contributed by atoms with Gasteiger partial charge in [-0.2, -0.15) is 0 Å². The number of hydrogen-bond acceptors (Lipinski definition) is 3. The number of para-hydroxylation sites is 2. The zero-order valence-electron chi connectivity index (χ0n) is 14.9. The van der Waals surface area contributed by atoms with Crippen molar-refractivity contribution >= 4 is 5.69 Å². The molecule has 24 heavy (non-hydrogen) atoms. The maximum Gasteiger partial charge on any atom is 0.142 e. The van der Waals surface area contributed by atoms with E-state index >= 15 is 0 Å². The molecule has 3 nitrogen and oxygen atoms in total. The van der Waals surface area contributed by atoms with Gasteiger partial charge in [0.1, 0.15) is 11.5 Å². The molecule has 0 aromatic heterocycles. The van der Waals surface area contributed by atoms with Crippen molar-refractivity contribution in [2.45, 2.75) is 46.1 Å². The fourth-order valence-corrected chi connectivity index (χ4v) is 2.34. The van der Waals surface area contributed by atoms with Crippen LogP contribution in [0.15, 0.2) is 48.5 Å². The molecule has 0 atom stereocenters. The molecule has 0 heterocycles. The predicted molar refractivity (Wildman–Crippen MR) is 101 cm³/mol. The van der Waals surface area contributed by atoms with Gasteiger partial charge < -0.3 is 14.8 Å². The second kappa shape index (κ2) is 10.6. The Hall–Kier alpha value is -2.16. The zero-order chi connectivity index (χ0) is 17.0. The van der Waals surface area contributed by atoms with E-state index in [2.05, 4.69) is 37.4 Å². The van der Waals surface area contributed by atoms with Crippen molar-refractivity contribution in [1.82, 2.24) is 0 Å². The Labute approximate surface area is 146 Å². The maximum atomic E-state index is 5.87. The number of anilines is 1. The average molecular weight is 327 g/mol. The van der Waals surface area contributed by atoms with Crippen molar-refractivity contribution in [1.29, 1.82) is 0 Å². The van der Waals surface area contributed by atoms with Gasteiger partial charge in [0.25, 0.3) is 0 Å². The zero-order valence-corrected chi connectivity index (χ0v) is 14.9. The Balaban J connectivity index is 1.92. The summed E-state index contributed by atoms with van der Waals surface area (Å²) < 4.78 is 11.6. The average Bonchev–Trinajstić information content (AvgIpc) is 2.62. The lowest BCUT2D eigenvalue weighted by molar-refractivity contribution is 0.309. The molecule has 0 bridgehead atoms. The summed E-state index contributed by atoms with van der Waals surface area (Å²) in [6, 6.07) is 16.4. The standard InChI is InChI=1S/C21H29NO2/c1-3-5-14-23-19-11-9-10-18(16-19)17-22-20-12-7-8-13-21(20)24-15-6-4-2/h7-13,16,22H,3-6,14-15,17H2,1-2H3. The molecular weight excluding hydrogens is 298 g/mol. The lowest BCUT2D eigenvalue weighted by atomic mass is 10.2. The quantitative estimate of drug-likeness (QED) is 0.540. The molecule has 1 N–H and O–H groups in total. The van der Waals surface area contributed by atoms with Crippen molar-refractivity contribution in [2.24, 2.45) is 0 Å². The van der Waals surface area contributed by atoms with Gasteiger partial charge in [-0.15, -0.1) is 0 Å². The molecule has 0 saturated carbocycles. The highest BCUT2D eigenvalue weighted by atomic mass is 16.5. The first-order chi connectivity index (χ1) is 11.8. The molecule has 0 amide bonds. The highest BCUT2D eigenvalue weighted by molar-refractivity contribution is 5.56. The topological polar surface area (TPSA) is 30.5 Å². The number of benzene rings is 2. The molecule has 0 fully saturated rings. The van der Waals surface area contributed by atoms with Gasteiger partial charge in [-0.05, 0) is 42.7 Å². The first-order valence-electron chi connectivity index (χ1n) is 9.01. The lowest BCUT2D eigenvalue weighted by Crippen LogP contribution is -2.04. The Morgan fingerprint density at radius 1 is 0.833 bits per heavy atom. The van der Waals surface area contributed by atoms with Crippen LogP contribution in [0.25, 0.3) is 0 Å². The molecular formula is C21H29NO2.